The summed E-state index contributed by atoms with van der Waals surface area (Å²) in [7, 11) is 5.65. The Bertz CT molecular complexity index is 598. The first kappa shape index (κ1) is 20.0. The Kier molecular flexibility index (Phi) is 7.72. The summed E-state index contributed by atoms with van der Waals surface area (Å²) in [6, 6.07) is 7.89. The van der Waals surface area contributed by atoms with Crippen LogP contribution in [0.3, 0.4) is 0 Å². The van der Waals surface area contributed by atoms with Gasteiger partial charge >= 0.3 is 0 Å². The topological polar surface area (TPSA) is 65.1 Å². The number of nitrogens with one attached hydrogen (secondary N) is 1. The molecule has 1 aromatic carbocycles. The molecule has 26 heavy (non-hydrogen) atoms. The molecule has 1 aliphatic rings. The summed E-state index contributed by atoms with van der Waals surface area (Å²) in [6.07, 6.45) is 0.807. The molecule has 0 aliphatic carbocycles. The number of rotatable bonds is 8. The molecule has 1 fully saturated rings. The molecule has 0 aromatic heterocycles. The number of nitrogens with zero attached hydrogens (tertiary/aromatic N) is 3. The van der Waals surface area contributed by atoms with Crippen molar-refractivity contribution >= 4 is 17.5 Å². The second kappa shape index (κ2) is 10.0. The SMILES string of the molecule is COc1ccccc1N1CCN(C(=O)CC(=O)NCCCN(C)C)CC1. The summed E-state index contributed by atoms with van der Waals surface area (Å²) < 4.78 is 5.41. The van der Waals surface area contributed by atoms with Crippen LogP contribution in [-0.4, -0.2) is 82.1 Å². The highest BCUT2D eigenvalue weighted by Crippen LogP contribution is 2.28. The third-order valence-electron chi connectivity index (χ3n) is 4.47. The molecule has 0 radical (unpaired) electrons. The van der Waals surface area contributed by atoms with Gasteiger partial charge in [0.05, 0.1) is 12.8 Å². The van der Waals surface area contributed by atoms with Crippen molar-refractivity contribution in [3.63, 3.8) is 0 Å². The molecule has 0 bridgehead atoms. The molecular weight excluding hydrogens is 332 g/mol. The van der Waals surface area contributed by atoms with Crippen molar-refractivity contribution in [2.24, 2.45) is 0 Å². The summed E-state index contributed by atoms with van der Waals surface area (Å²) in [5, 5.41) is 2.82. The molecule has 0 unspecified atom stereocenters. The van der Waals surface area contributed by atoms with Crippen LogP contribution in [0.4, 0.5) is 5.69 Å². The number of hydrogen-bond acceptors (Lipinski definition) is 5. The van der Waals surface area contributed by atoms with Crippen LogP contribution in [0.25, 0.3) is 0 Å². The largest absolute Gasteiger partial charge is 0.495 e. The fraction of sp³-hybridized carbons (Fsp3) is 0.579. The maximum atomic E-state index is 12.3. The zero-order valence-corrected chi connectivity index (χ0v) is 16.0. The van der Waals surface area contributed by atoms with Crippen LogP contribution in [0.1, 0.15) is 12.8 Å². The highest BCUT2D eigenvalue weighted by atomic mass is 16.5. The van der Waals surface area contributed by atoms with Gasteiger partial charge in [-0.1, -0.05) is 12.1 Å². The molecule has 1 saturated heterocycles. The van der Waals surface area contributed by atoms with E-state index in [4.69, 9.17) is 4.74 Å². The Morgan fingerprint density at radius 3 is 2.50 bits per heavy atom. The van der Waals surface area contributed by atoms with Crippen molar-refractivity contribution in [1.82, 2.24) is 15.1 Å². The second-order valence-electron chi connectivity index (χ2n) is 6.72. The lowest BCUT2D eigenvalue weighted by molar-refractivity contribution is -0.136. The van der Waals surface area contributed by atoms with Crippen molar-refractivity contribution in [2.75, 3.05) is 65.4 Å². The van der Waals surface area contributed by atoms with Gasteiger partial charge in [-0.15, -0.1) is 0 Å². The lowest BCUT2D eigenvalue weighted by atomic mass is 10.2. The predicted molar refractivity (Wildman–Crippen MR) is 103 cm³/mol. The van der Waals surface area contributed by atoms with E-state index in [9.17, 15) is 9.59 Å². The Morgan fingerprint density at radius 2 is 1.85 bits per heavy atom. The van der Waals surface area contributed by atoms with Crippen molar-refractivity contribution < 1.29 is 14.3 Å². The van der Waals surface area contributed by atoms with Crippen molar-refractivity contribution in [2.45, 2.75) is 12.8 Å². The van der Waals surface area contributed by atoms with E-state index in [1.807, 2.05) is 38.4 Å². The molecule has 7 nitrogen and oxygen atoms in total. The molecule has 144 valence electrons. The molecular formula is C19H30N4O3. The number of ether oxygens (including phenoxy) is 1. The van der Waals surface area contributed by atoms with Gasteiger partial charge in [0.2, 0.25) is 11.8 Å². The van der Waals surface area contributed by atoms with Gasteiger partial charge in [0.25, 0.3) is 0 Å². The van der Waals surface area contributed by atoms with E-state index in [1.165, 1.54) is 0 Å². The first-order valence-electron chi connectivity index (χ1n) is 9.08. The average Bonchev–Trinajstić information content (AvgIpc) is 2.65. The Balaban J connectivity index is 1.75. The maximum Gasteiger partial charge on any atom is 0.232 e. The lowest BCUT2D eigenvalue weighted by Crippen LogP contribution is -2.49. The summed E-state index contributed by atoms with van der Waals surface area (Å²) in [4.78, 5) is 30.3. The molecule has 2 amide bonds. The minimum Gasteiger partial charge on any atom is -0.495 e. The van der Waals surface area contributed by atoms with E-state index in [1.54, 1.807) is 12.0 Å². The molecule has 2 rings (SSSR count). The fourth-order valence-corrected chi connectivity index (χ4v) is 3.02. The summed E-state index contributed by atoms with van der Waals surface area (Å²) in [6.45, 7) is 4.22. The van der Waals surface area contributed by atoms with Crippen LogP contribution in [0.5, 0.6) is 5.75 Å². The summed E-state index contributed by atoms with van der Waals surface area (Å²) in [5.74, 6) is 0.542. The smallest absolute Gasteiger partial charge is 0.232 e. The maximum absolute atomic E-state index is 12.3. The van der Waals surface area contributed by atoms with E-state index in [0.29, 0.717) is 19.6 Å². The quantitative estimate of drug-likeness (QED) is 0.547. The molecule has 1 aliphatic heterocycles. The van der Waals surface area contributed by atoms with Crippen LogP contribution in [0.2, 0.25) is 0 Å². The number of carbonyl (C=O) groups is 2. The Hall–Kier alpha value is -2.28. The van der Waals surface area contributed by atoms with E-state index in [0.717, 1.165) is 37.5 Å². The number of methoxy groups -OCH3 is 1. The third kappa shape index (κ3) is 5.91. The van der Waals surface area contributed by atoms with Crippen LogP contribution in [0.15, 0.2) is 24.3 Å². The normalized spacial score (nSPS) is 14.5. The first-order chi connectivity index (χ1) is 12.5. The highest BCUT2D eigenvalue weighted by Gasteiger charge is 2.24. The zero-order chi connectivity index (χ0) is 18.9. The minimum absolute atomic E-state index is 0.0728. The van der Waals surface area contributed by atoms with Gasteiger partial charge < -0.3 is 24.8 Å². The van der Waals surface area contributed by atoms with Gasteiger partial charge in [-0.25, -0.2) is 0 Å². The van der Waals surface area contributed by atoms with Gasteiger partial charge in [0.1, 0.15) is 12.2 Å². The molecule has 7 heteroatoms. The van der Waals surface area contributed by atoms with Crippen molar-refractivity contribution in [3.05, 3.63) is 24.3 Å². The van der Waals surface area contributed by atoms with Gasteiger partial charge in [0.15, 0.2) is 0 Å². The molecule has 0 spiro atoms. The fourth-order valence-electron chi connectivity index (χ4n) is 3.02. The van der Waals surface area contributed by atoms with Crippen molar-refractivity contribution in [1.29, 1.82) is 0 Å². The zero-order valence-electron chi connectivity index (χ0n) is 16.0. The second-order valence-corrected chi connectivity index (χ2v) is 6.72. The molecule has 0 saturated carbocycles. The molecule has 0 atom stereocenters. The lowest BCUT2D eigenvalue weighted by Gasteiger charge is -2.36. The van der Waals surface area contributed by atoms with Gasteiger partial charge in [-0.05, 0) is 39.2 Å². The minimum atomic E-state index is -0.194. The molecule has 1 N–H and O–H groups in total. The number of benzene rings is 1. The number of para-hydroxylation sites is 2. The van der Waals surface area contributed by atoms with E-state index < -0.39 is 0 Å². The average molecular weight is 362 g/mol. The number of hydrogen-bond donors (Lipinski definition) is 1. The molecule has 1 aromatic rings. The Morgan fingerprint density at radius 1 is 1.15 bits per heavy atom. The summed E-state index contributed by atoms with van der Waals surface area (Å²) in [5.41, 5.74) is 1.04. The van der Waals surface area contributed by atoms with Crippen LogP contribution < -0.4 is 15.0 Å². The van der Waals surface area contributed by atoms with Crippen LogP contribution in [0, 0.1) is 0 Å². The number of amides is 2. The van der Waals surface area contributed by atoms with Crippen molar-refractivity contribution in [3.8, 4) is 5.75 Å². The van der Waals surface area contributed by atoms with Gasteiger partial charge in [-0.3, -0.25) is 9.59 Å². The standard InChI is InChI=1S/C19H30N4O3/c1-21(2)10-6-9-20-18(24)15-19(25)23-13-11-22(12-14-23)16-7-4-5-8-17(16)26-3/h4-5,7-8H,6,9-15H2,1-3H3,(H,20,24). The van der Waals surface area contributed by atoms with E-state index >= 15 is 0 Å². The Labute approximate surface area is 155 Å². The summed E-state index contributed by atoms with van der Waals surface area (Å²) >= 11 is 0. The number of carbonyl (C=O) groups excluding carboxylic acids is 2. The van der Waals surface area contributed by atoms with Gasteiger partial charge in [0, 0.05) is 32.7 Å². The number of anilines is 1. The van der Waals surface area contributed by atoms with E-state index in [-0.39, 0.29) is 18.2 Å². The van der Waals surface area contributed by atoms with E-state index in [2.05, 4.69) is 15.1 Å². The van der Waals surface area contributed by atoms with Gasteiger partial charge in [-0.2, -0.15) is 0 Å². The first-order valence-corrected chi connectivity index (χ1v) is 9.08. The third-order valence-corrected chi connectivity index (χ3v) is 4.47. The highest BCUT2D eigenvalue weighted by molar-refractivity contribution is 5.97. The predicted octanol–water partition coefficient (Wildman–Crippen LogP) is 0.802. The molecule has 1 heterocycles. The van der Waals surface area contributed by atoms with Crippen LogP contribution >= 0.6 is 0 Å². The number of piperazine rings is 1. The monoisotopic (exact) mass is 362 g/mol. The van der Waals surface area contributed by atoms with Crippen LogP contribution in [-0.2, 0) is 9.59 Å².